The van der Waals surface area contributed by atoms with Crippen molar-refractivity contribution in [1.82, 2.24) is 20.2 Å². The molecule has 1 aromatic heterocycles. The topological polar surface area (TPSA) is 95.2 Å². The zero-order valence-corrected chi connectivity index (χ0v) is 20.3. The fraction of sp³-hybridized carbons (Fsp3) is 0.375. The molecule has 2 heterocycles. The monoisotopic (exact) mass is 486 g/mol. The lowest BCUT2D eigenvalue weighted by Gasteiger charge is -2.21. The van der Waals surface area contributed by atoms with Crippen molar-refractivity contribution in [2.24, 2.45) is 0 Å². The van der Waals surface area contributed by atoms with Gasteiger partial charge in [-0.05, 0) is 56.0 Å². The Labute approximate surface area is 200 Å². The van der Waals surface area contributed by atoms with E-state index in [-0.39, 0.29) is 11.8 Å². The first-order valence-electron chi connectivity index (χ1n) is 11.0. The Morgan fingerprint density at radius 3 is 2.73 bits per heavy atom. The van der Waals surface area contributed by atoms with Crippen molar-refractivity contribution < 1.29 is 13.8 Å². The van der Waals surface area contributed by atoms with Gasteiger partial charge in [0.1, 0.15) is 5.82 Å². The predicted octanol–water partition coefficient (Wildman–Crippen LogP) is 4.00. The molecule has 7 nitrogen and oxygen atoms in total. The van der Waals surface area contributed by atoms with Crippen LogP contribution in [0.3, 0.4) is 0 Å². The highest BCUT2D eigenvalue weighted by Gasteiger charge is 2.27. The molecule has 1 unspecified atom stereocenters. The third-order valence-corrected chi connectivity index (χ3v) is 6.96. The number of aromatic amines is 1. The average molecular weight is 487 g/mol. The third-order valence-electron chi connectivity index (χ3n) is 5.92. The number of aromatic nitrogens is 2. The van der Waals surface area contributed by atoms with Crippen LogP contribution in [0.5, 0.6) is 0 Å². The van der Waals surface area contributed by atoms with Gasteiger partial charge in [-0.3, -0.25) is 13.8 Å². The molecule has 1 fully saturated rings. The molecular weight excluding hydrogens is 460 g/mol. The first-order valence-corrected chi connectivity index (χ1v) is 13.1. The molecule has 0 spiro atoms. The minimum Gasteiger partial charge on any atom is -0.342 e. The Balaban J connectivity index is 1.65. The van der Waals surface area contributed by atoms with Crippen molar-refractivity contribution in [3.8, 4) is 0 Å². The third kappa shape index (κ3) is 5.28. The van der Waals surface area contributed by atoms with Gasteiger partial charge in [0.25, 0.3) is 11.8 Å². The summed E-state index contributed by atoms with van der Waals surface area (Å²) in [7, 11) is -1.03. The number of rotatable bonds is 7. The molecule has 0 aliphatic carbocycles. The van der Waals surface area contributed by atoms with Crippen LogP contribution in [0.15, 0.2) is 36.4 Å². The van der Waals surface area contributed by atoms with Gasteiger partial charge in [-0.25, -0.2) is 4.98 Å². The number of likely N-dealkylation sites (tertiary alicyclic amines) is 1. The Hall–Kier alpha value is -2.71. The lowest BCUT2D eigenvalue weighted by Crippen LogP contribution is -2.34. The number of nitrogens with one attached hydrogen (secondary N) is 2. The van der Waals surface area contributed by atoms with Gasteiger partial charge in [0.05, 0.1) is 28.2 Å². The van der Waals surface area contributed by atoms with Crippen molar-refractivity contribution in [3.05, 3.63) is 63.9 Å². The number of carbonyl (C=O) groups excluding carboxylic acids is 2. The van der Waals surface area contributed by atoms with Gasteiger partial charge < -0.3 is 15.2 Å². The van der Waals surface area contributed by atoms with Gasteiger partial charge in [0.2, 0.25) is 0 Å². The summed E-state index contributed by atoms with van der Waals surface area (Å²) in [6.07, 6.45) is 4.02. The molecule has 0 saturated carbocycles. The minimum absolute atomic E-state index is 0.111. The molecule has 9 heteroatoms. The van der Waals surface area contributed by atoms with Crippen LogP contribution in [0.4, 0.5) is 0 Å². The number of benzene rings is 2. The molecule has 33 heavy (non-hydrogen) atoms. The minimum atomic E-state index is -1.03. The van der Waals surface area contributed by atoms with Crippen LogP contribution in [0, 0.1) is 6.92 Å². The Kier molecular flexibility index (Phi) is 7.14. The molecule has 0 bridgehead atoms. The van der Waals surface area contributed by atoms with E-state index >= 15 is 0 Å². The molecule has 2 N–H and O–H groups in total. The smallest absolute Gasteiger partial charge is 0.254 e. The quantitative estimate of drug-likeness (QED) is 0.527. The van der Waals surface area contributed by atoms with E-state index < -0.39 is 16.8 Å². The zero-order chi connectivity index (χ0) is 23.5. The standard InChI is InChI=1S/C24H27ClN4O3S/c1-15-6-5-7-17(21(15)24(31)29-11-3-4-12-29)23(30)28-19(10-13-33(2)32)22-26-18-9-8-16(25)14-20(18)27-22/h5-9,14,19H,3-4,10-13H2,1-2H3,(H,26,27)(H,28,30)/t19-,33?/m0/s1. The summed E-state index contributed by atoms with van der Waals surface area (Å²) in [5.74, 6) is 0.494. The second-order valence-electron chi connectivity index (χ2n) is 8.37. The number of fused-ring (bicyclic) bond motifs is 1. The highest BCUT2D eigenvalue weighted by atomic mass is 35.5. The van der Waals surface area contributed by atoms with Crippen LogP contribution in [-0.4, -0.2) is 56.0 Å². The second kappa shape index (κ2) is 10.1. The van der Waals surface area contributed by atoms with Crippen LogP contribution in [0.25, 0.3) is 11.0 Å². The fourth-order valence-electron chi connectivity index (χ4n) is 4.18. The number of halogens is 1. The SMILES string of the molecule is Cc1cccc(C(=O)N[C@@H](CCS(C)=O)c2nc3ccc(Cl)cc3[nH]2)c1C(=O)N1CCCC1. The van der Waals surface area contributed by atoms with E-state index in [1.165, 1.54) is 0 Å². The van der Waals surface area contributed by atoms with E-state index in [9.17, 15) is 13.8 Å². The van der Waals surface area contributed by atoms with Crippen LogP contribution in [0.2, 0.25) is 5.02 Å². The Morgan fingerprint density at radius 1 is 1.24 bits per heavy atom. The Bertz CT molecular complexity index is 1220. The van der Waals surface area contributed by atoms with Gasteiger partial charge in [-0.1, -0.05) is 23.7 Å². The molecule has 1 aliphatic rings. The summed E-state index contributed by atoms with van der Waals surface area (Å²) in [5, 5.41) is 3.60. The normalized spacial score (nSPS) is 15.5. The van der Waals surface area contributed by atoms with E-state index in [0.29, 0.717) is 47.2 Å². The van der Waals surface area contributed by atoms with Crippen molar-refractivity contribution >= 4 is 45.2 Å². The first kappa shape index (κ1) is 23.4. The van der Waals surface area contributed by atoms with E-state index in [1.807, 2.05) is 19.1 Å². The maximum atomic E-state index is 13.4. The first-order chi connectivity index (χ1) is 15.8. The van der Waals surface area contributed by atoms with E-state index in [0.717, 1.165) is 29.4 Å². The summed E-state index contributed by atoms with van der Waals surface area (Å²) < 4.78 is 11.8. The number of nitrogens with zero attached hydrogens (tertiary/aromatic N) is 2. The van der Waals surface area contributed by atoms with Gasteiger partial charge >= 0.3 is 0 Å². The van der Waals surface area contributed by atoms with E-state index in [4.69, 9.17) is 11.6 Å². The van der Waals surface area contributed by atoms with Crippen molar-refractivity contribution in [2.45, 2.75) is 32.2 Å². The largest absolute Gasteiger partial charge is 0.342 e. The summed E-state index contributed by atoms with van der Waals surface area (Å²) in [6.45, 7) is 3.27. The fourth-order valence-corrected chi connectivity index (χ4v) is 4.92. The van der Waals surface area contributed by atoms with E-state index in [1.54, 1.807) is 35.4 Å². The van der Waals surface area contributed by atoms with Crippen LogP contribution in [0.1, 0.15) is 57.4 Å². The number of amides is 2. The lowest BCUT2D eigenvalue weighted by molar-refractivity contribution is 0.0783. The van der Waals surface area contributed by atoms with Gasteiger partial charge in [-0.15, -0.1) is 0 Å². The maximum Gasteiger partial charge on any atom is 0.254 e. The van der Waals surface area contributed by atoms with Crippen LogP contribution >= 0.6 is 11.6 Å². The summed E-state index contributed by atoms with van der Waals surface area (Å²) in [4.78, 5) is 36.2. The molecule has 4 rings (SSSR count). The van der Waals surface area contributed by atoms with Crippen molar-refractivity contribution in [2.75, 3.05) is 25.1 Å². The average Bonchev–Trinajstić information content (AvgIpc) is 3.45. The van der Waals surface area contributed by atoms with Crippen molar-refractivity contribution in [1.29, 1.82) is 0 Å². The van der Waals surface area contributed by atoms with Crippen LogP contribution < -0.4 is 5.32 Å². The molecule has 2 aromatic carbocycles. The van der Waals surface area contributed by atoms with E-state index in [2.05, 4.69) is 15.3 Å². The zero-order valence-electron chi connectivity index (χ0n) is 18.7. The molecule has 0 radical (unpaired) electrons. The number of aryl methyl sites for hydroxylation is 1. The van der Waals surface area contributed by atoms with Gasteiger partial charge in [0, 0.05) is 40.9 Å². The maximum absolute atomic E-state index is 13.4. The molecule has 2 amide bonds. The number of hydrogen-bond donors (Lipinski definition) is 2. The number of carbonyl (C=O) groups is 2. The van der Waals surface area contributed by atoms with Crippen LogP contribution in [-0.2, 0) is 10.8 Å². The van der Waals surface area contributed by atoms with Crippen molar-refractivity contribution in [3.63, 3.8) is 0 Å². The molecule has 3 aromatic rings. The predicted molar refractivity (Wildman–Crippen MR) is 131 cm³/mol. The number of imidazole rings is 1. The highest BCUT2D eigenvalue weighted by molar-refractivity contribution is 7.84. The number of H-pyrrole nitrogens is 1. The lowest BCUT2D eigenvalue weighted by atomic mass is 9.99. The molecule has 174 valence electrons. The van der Waals surface area contributed by atoms with Gasteiger partial charge in [0.15, 0.2) is 0 Å². The Morgan fingerprint density at radius 2 is 2.00 bits per heavy atom. The summed E-state index contributed by atoms with van der Waals surface area (Å²) in [6, 6.07) is 10.2. The number of hydrogen-bond acceptors (Lipinski definition) is 4. The van der Waals surface area contributed by atoms with Gasteiger partial charge in [-0.2, -0.15) is 0 Å². The highest BCUT2D eigenvalue weighted by Crippen LogP contribution is 2.24. The summed E-state index contributed by atoms with van der Waals surface area (Å²) >= 11 is 6.10. The second-order valence-corrected chi connectivity index (χ2v) is 10.4. The molecule has 1 aliphatic heterocycles. The molecule has 1 saturated heterocycles. The molecular formula is C24H27ClN4O3S. The summed E-state index contributed by atoms with van der Waals surface area (Å²) in [5.41, 5.74) is 3.03. The molecule has 2 atom stereocenters.